The predicted octanol–water partition coefficient (Wildman–Crippen LogP) is 2.05. The molecule has 0 aliphatic carbocycles. The number of aromatic nitrogens is 1. The van der Waals surface area contributed by atoms with Gasteiger partial charge in [-0.05, 0) is 25.1 Å². The molecule has 1 aromatic heterocycles. The molecule has 3 rings (SSSR count). The number of ether oxygens (including phenoxy) is 2. The highest BCUT2D eigenvalue weighted by Gasteiger charge is 2.26. The van der Waals surface area contributed by atoms with Gasteiger partial charge in [-0.2, -0.15) is 0 Å². The summed E-state index contributed by atoms with van der Waals surface area (Å²) in [6.45, 7) is 2.63. The van der Waals surface area contributed by atoms with E-state index in [0.29, 0.717) is 17.9 Å². The number of amides is 1. The quantitative estimate of drug-likeness (QED) is 0.876. The zero-order chi connectivity index (χ0) is 18.0. The Kier molecular flexibility index (Phi) is 5.00. The monoisotopic (exact) mass is 362 g/mol. The van der Waals surface area contributed by atoms with Crippen molar-refractivity contribution in [3.63, 3.8) is 0 Å². The number of likely N-dealkylation sites (N-methyl/N-ethyl adjacent to an activating group) is 1. The SMILES string of the molecule is Cc1cnc(-c2cc(OC[C@@H]3COCC(=O)N3C)cc(C(=O)O)c2)s1. The fraction of sp³-hybridized carbons (Fsp3) is 0.353. The van der Waals surface area contributed by atoms with Crippen molar-refractivity contribution in [2.45, 2.75) is 13.0 Å². The molecule has 1 N–H and O–H groups in total. The van der Waals surface area contributed by atoms with Gasteiger partial charge in [0.15, 0.2) is 0 Å². The highest BCUT2D eigenvalue weighted by molar-refractivity contribution is 7.14. The Hall–Kier alpha value is -2.45. The highest BCUT2D eigenvalue weighted by Crippen LogP contribution is 2.29. The molecule has 8 heteroatoms. The van der Waals surface area contributed by atoms with Crippen LogP contribution in [0.5, 0.6) is 5.75 Å². The van der Waals surface area contributed by atoms with E-state index in [4.69, 9.17) is 9.47 Å². The van der Waals surface area contributed by atoms with Crippen LogP contribution >= 0.6 is 11.3 Å². The number of aryl methyl sites for hydroxylation is 1. The summed E-state index contributed by atoms with van der Waals surface area (Å²) in [4.78, 5) is 30.0. The number of hydrogen-bond acceptors (Lipinski definition) is 6. The van der Waals surface area contributed by atoms with Crippen molar-refractivity contribution in [1.82, 2.24) is 9.88 Å². The van der Waals surface area contributed by atoms with Crippen molar-refractivity contribution in [3.8, 4) is 16.3 Å². The number of nitrogens with zero attached hydrogens (tertiary/aromatic N) is 2. The van der Waals surface area contributed by atoms with Crippen LogP contribution in [0.25, 0.3) is 10.6 Å². The van der Waals surface area contributed by atoms with E-state index in [1.54, 1.807) is 30.3 Å². The number of aromatic carboxylic acids is 1. The molecule has 1 fully saturated rings. The van der Waals surface area contributed by atoms with E-state index in [-0.39, 0.29) is 30.7 Å². The first kappa shape index (κ1) is 17.4. The fourth-order valence-corrected chi connectivity index (χ4v) is 3.22. The minimum absolute atomic E-state index is 0.0784. The Morgan fingerprint density at radius 1 is 1.48 bits per heavy atom. The minimum Gasteiger partial charge on any atom is -0.491 e. The van der Waals surface area contributed by atoms with Crippen molar-refractivity contribution in [2.75, 3.05) is 26.9 Å². The smallest absolute Gasteiger partial charge is 0.335 e. The van der Waals surface area contributed by atoms with Gasteiger partial charge in [0, 0.05) is 23.7 Å². The third-order valence-corrected chi connectivity index (χ3v) is 4.90. The first-order valence-corrected chi connectivity index (χ1v) is 8.53. The molecule has 1 saturated heterocycles. The summed E-state index contributed by atoms with van der Waals surface area (Å²) >= 11 is 1.48. The van der Waals surface area contributed by atoms with Crippen molar-refractivity contribution in [1.29, 1.82) is 0 Å². The fourth-order valence-electron chi connectivity index (χ4n) is 2.47. The minimum atomic E-state index is -1.03. The van der Waals surface area contributed by atoms with Crippen molar-refractivity contribution in [2.24, 2.45) is 0 Å². The van der Waals surface area contributed by atoms with E-state index >= 15 is 0 Å². The van der Waals surface area contributed by atoms with Gasteiger partial charge >= 0.3 is 5.97 Å². The lowest BCUT2D eigenvalue weighted by molar-refractivity contribution is -0.147. The molecule has 0 bridgehead atoms. The van der Waals surface area contributed by atoms with E-state index in [2.05, 4.69) is 4.98 Å². The molecule has 1 aromatic carbocycles. The average molecular weight is 362 g/mol. The normalized spacial score (nSPS) is 17.6. The van der Waals surface area contributed by atoms with E-state index in [1.165, 1.54) is 17.4 Å². The molecular formula is C17H18N2O5S. The molecule has 2 aromatic rings. The summed E-state index contributed by atoms with van der Waals surface area (Å²) in [6, 6.07) is 4.60. The molecule has 25 heavy (non-hydrogen) atoms. The Bertz CT molecular complexity index is 804. The maximum Gasteiger partial charge on any atom is 0.335 e. The number of carboxylic acids is 1. The van der Waals surface area contributed by atoms with Gasteiger partial charge in [-0.3, -0.25) is 4.79 Å². The van der Waals surface area contributed by atoms with Crippen LogP contribution in [-0.2, 0) is 9.53 Å². The van der Waals surface area contributed by atoms with Gasteiger partial charge in [-0.25, -0.2) is 9.78 Å². The van der Waals surface area contributed by atoms with Gasteiger partial charge in [-0.1, -0.05) is 0 Å². The molecule has 132 valence electrons. The predicted molar refractivity (Wildman–Crippen MR) is 92.1 cm³/mol. The first-order valence-electron chi connectivity index (χ1n) is 7.71. The number of hydrogen-bond donors (Lipinski definition) is 1. The van der Waals surface area contributed by atoms with Crippen LogP contribution in [0.3, 0.4) is 0 Å². The summed E-state index contributed by atoms with van der Waals surface area (Å²) in [6.07, 6.45) is 1.74. The van der Waals surface area contributed by atoms with Gasteiger partial charge in [0.1, 0.15) is 24.0 Å². The lowest BCUT2D eigenvalue weighted by Gasteiger charge is -2.32. The Balaban J connectivity index is 1.81. The lowest BCUT2D eigenvalue weighted by atomic mass is 10.1. The zero-order valence-corrected chi connectivity index (χ0v) is 14.7. The van der Waals surface area contributed by atoms with Crippen LogP contribution in [0.15, 0.2) is 24.4 Å². The maximum atomic E-state index is 11.7. The lowest BCUT2D eigenvalue weighted by Crippen LogP contribution is -2.49. The van der Waals surface area contributed by atoms with Crippen molar-refractivity contribution >= 4 is 23.2 Å². The average Bonchev–Trinajstić information content (AvgIpc) is 3.02. The largest absolute Gasteiger partial charge is 0.491 e. The van der Waals surface area contributed by atoms with Crippen LogP contribution in [0.4, 0.5) is 0 Å². The van der Waals surface area contributed by atoms with E-state index in [9.17, 15) is 14.7 Å². The van der Waals surface area contributed by atoms with Gasteiger partial charge in [0.25, 0.3) is 0 Å². The molecule has 1 aliphatic rings. The van der Waals surface area contributed by atoms with Crippen LogP contribution in [-0.4, -0.2) is 59.8 Å². The second kappa shape index (κ2) is 7.20. The molecule has 1 aliphatic heterocycles. The van der Waals surface area contributed by atoms with Gasteiger partial charge in [-0.15, -0.1) is 11.3 Å². The van der Waals surface area contributed by atoms with E-state index in [1.807, 2.05) is 6.92 Å². The van der Waals surface area contributed by atoms with Gasteiger partial charge in [0.2, 0.25) is 5.91 Å². The molecule has 7 nitrogen and oxygen atoms in total. The number of carboxylic acid groups (broad SMARTS) is 1. The van der Waals surface area contributed by atoms with Crippen LogP contribution in [0.2, 0.25) is 0 Å². The second-order valence-corrected chi connectivity index (χ2v) is 7.05. The molecule has 0 radical (unpaired) electrons. The number of thiazole rings is 1. The molecule has 2 heterocycles. The molecule has 0 spiro atoms. The summed E-state index contributed by atoms with van der Waals surface area (Å²) in [5.74, 6) is -0.708. The number of benzene rings is 1. The Morgan fingerprint density at radius 3 is 2.96 bits per heavy atom. The van der Waals surface area contributed by atoms with E-state index < -0.39 is 5.97 Å². The van der Waals surface area contributed by atoms with Crippen LogP contribution in [0, 0.1) is 6.92 Å². The summed E-state index contributed by atoms with van der Waals surface area (Å²) in [5.41, 5.74) is 0.821. The molecular weight excluding hydrogens is 344 g/mol. The number of morpholine rings is 1. The molecule has 0 saturated carbocycles. The number of carbonyl (C=O) groups is 2. The highest BCUT2D eigenvalue weighted by atomic mass is 32.1. The Labute approximate surface area is 148 Å². The number of carbonyl (C=O) groups excluding carboxylic acids is 1. The number of rotatable bonds is 5. The standard InChI is InChI=1S/C17H18N2O5S/c1-10-6-18-16(25-10)11-3-12(17(21)22)5-14(4-11)24-8-13-7-23-9-15(20)19(13)2/h3-6,13H,7-9H2,1-2H3,(H,21,22)/t13-/m0/s1. The second-order valence-electron chi connectivity index (χ2n) is 5.81. The van der Waals surface area contributed by atoms with Crippen molar-refractivity contribution in [3.05, 3.63) is 34.8 Å². The topological polar surface area (TPSA) is 89.0 Å². The molecule has 1 atom stereocenters. The molecule has 0 unspecified atom stereocenters. The zero-order valence-electron chi connectivity index (χ0n) is 13.9. The summed E-state index contributed by atoms with van der Waals surface area (Å²) < 4.78 is 11.0. The van der Waals surface area contributed by atoms with Gasteiger partial charge < -0.3 is 19.5 Å². The third kappa shape index (κ3) is 3.97. The first-order chi connectivity index (χ1) is 11.9. The Morgan fingerprint density at radius 2 is 2.28 bits per heavy atom. The maximum absolute atomic E-state index is 11.7. The molecule has 1 amide bonds. The van der Waals surface area contributed by atoms with Crippen molar-refractivity contribution < 1.29 is 24.2 Å². The summed E-state index contributed by atoms with van der Waals surface area (Å²) in [7, 11) is 1.70. The summed E-state index contributed by atoms with van der Waals surface area (Å²) in [5, 5.41) is 10.1. The van der Waals surface area contributed by atoms with Gasteiger partial charge in [0.05, 0.1) is 18.2 Å². The van der Waals surface area contributed by atoms with E-state index in [0.717, 1.165) is 9.88 Å². The third-order valence-electron chi connectivity index (χ3n) is 3.94. The van der Waals surface area contributed by atoms with Crippen LogP contribution in [0.1, 0.15) is 15.2 Å². The van der Waals surface area contributed by atoms with Crippen LogP contribution < -0.4 is 4.74 Å².